The lowest BCUT2D eigenvalue weighted by Crippen LogP contribution is -2.11. The summed E-state index contributed by atoms with van der Waals surface area (Å²) < 4.78 is 0. The van der Waals surface area contributed by atoms with Crippen LogP contribution in [0.4, 0.5) is 0 Å². The predicted molar refractivity (Wildman–Crippen MR) is 66.9 cm³/mol. The Kier molecular flexibility index (Phi) is 3.54. The molecule has 88 valence electrons. The molecule has 0 saturated heterocycles. The van der Waals surface area contributed by atoms with E-state index in [4.69, 9.17) is 5.11 Å². The van der Waals surface area contributed by atoms with Crippen molar-refractivity contribution < 1.29 is 9.90 Å². The van der Waals surface area contributed by atoms with Crippen molar-refractivity contribution in [2.45, 2.75) is 31.9 Å². The number of aliphatic carboxylic acids is 1. The van der Waals surface area contributed by atoms with Crippen molar-refractivity contribution in [3.05, 3.63) is 16.1 Å². The van der Waals surface area contributed by atoms with Crippen LogP contribution in [0.5, 0.6) is 0 Å². The van der Waals surface area contributed by atoms with E-state index in [-0.39, 0.29) is 5.41 Å². The molecule has 0 bridgehead atoms. The standard InChI is InChI=1S/C11H15NO2S2/c1-8-12-5-9(16-8)6-15-7-11(2-3-11)4-10(13)14/h5H,2-4,6-7H2,1H3,(H,13,14). The Morgan fingerprint density at radius 2 is 2.44 bits per heavy atom. The van der Waals surface area contributed by atoms with Crippen LogP contribution in [0, 0.1) is 12.3 Å². The van der Waals surface area contributed by atoms with E-state index in [0.717, 1.165) is 29.4 Å². The lowest BCUT2D eigenvalue weighted by atomic mass is 10.1. The number of thiazole rings is 1. The van der Waals surface area contributed by atoms with Crippen LogP contribution in [0.3, 0.4) is 0 Å². The van der Waals surface area contributed by atoms with Gasteiger partial charge in [-0.15, -0.1) is 11.3 Å². The largest absolute Gasteiger partial charge is 0.481 e. The molecule has 1 saturated carbocycles. The van der Waals surface area contributed by atoms with Crippen molar-refractivity contribution in [2.75, 3.05) is 5.75 Å². The Labute approximate surface area is 103 Å². The molecule has 1 aliphatic carbocycles. The molecule has 1 aromatic heterocycles. The van der Waals surface area contributed by atoms with Gasteiger partial charge >= 0.3 is 5.97 Å². The zero-order chi connectivity index (χ0) is 11.6. The normalized spacial score (nSPS) is 17.3. The van der Waals surface area contributed by atoms with Gasteiger partial charge in [0.2, 0.25) is 0 Å². The molecular weight excluding hydrogens is 242 g/mol. The fourth-order valence-corrected chi connectivity index (χ4v) is 3.99. The van der Waals surface area contributed by atoms with Crippen molar-refractivity contribution in [3.63, 3.8) is 0 Å². The third-order valence-corrected chi connectivity index (χ3v) is 5.23. The SMILES string of the molecule is Cc1ncc(CSCC2(CC(=O)O)CC2)s1. The van der Waals surface area contributed by atoms with E-state index in [1.54, 1.807) is 11.3 Å². The molecule has 2 rings (SSSR count). The highest BCUT2D eigenvalue weighted by Crippen LogP contribution is 2.51. The Morgan fingerprint density at radius 1 is 1.69 bits per heavy atom. The molecule has 3 nitrogen and oxygen atoms in total. The minimum atomic E-state index is -0.660. The summed E-state index contributed by atoms with van der Waals surface area (Å²) in [5.41, 5.74) is 0.107. The van der Waals surface area contributed by atoms with Crippen LogP contribution in [-0.2, 0) is 10.5 Å². The highest BCUT2D eigenvalue weighted by molar-refractivity contribution is 7.98. The van der Waals surface area contributed by atoms with Crippen molar-refractivity contribution in [1.82, 2.24) is 4.98 Å². The van der Waals surface area contributed by atoms with E-state index in [0.29, 0.717) is 6.42 Å². The summed E-state index contributed by atoms with van der Waals surface area (Å²) in [5.74, 6) is 1.27. The first-order valence-corrected chi connectivity index (χ1v) is 7.28. The summed E-state index contributed by atoms with van der Waals surface area (Å²) in [5, 5.41) is 9.89. The van der Waals surface area contributed by atoms with Gasteiger partial charge in [-0.2, -0.15) is 11.8 Å². The van der Waals surface area contributed by atoms with Gasteiger partial charge in [0.15, 0.2) is 0 Å². The van der Waals surface area contributed by atoms with Crippen LogP contribution in [0.25, 0.3) is 0 Å². The number of carbonyl (C=O) groups is 1. The molecule has 1 heterocycles. The average molecular weight is 257 g/mol. The molecule has 1 fully saturated rings. The smallest absolute Gasteiger partial charge is 0.303 e. The quantitative estimate of drug-likeness (QED) is 0.851. The number of hydrogen-bond donors (Lipinski definition) is 1. The number of nitrogens with zero attached hydrogens (tertiary/aromatic N) is 1. The number of carboxylic acid groups (broad SMARTS) is 1. The molecule has 0 aliphatic heterocycles. The third-order valence-electron chi connectivity index (χ3n) is 2.81. The lowest BCUT2D eigenvalue weighted by Gasteiger charge is -2.10. The van der Waals surface area contributed by atoms with E-state index in [1.807, 2.05) is 24.9 Å². The summed E-state index contributed by atoms with van der Waals surface area (Å²) in [6.45, 7) is 2.01. The minimum absolute atomic E-state index is 0.107. The minimum Gasteiger partial charge on any atom is -0.481 e. The van der Waals surface area contributed by atoms with Gasteiger partial charge in [-0.3, -0.25) is 4.79 Å². The molecule has 0 radical (unpaired) electrons. The van der Waals surface area contributed by atoms with Gasteiger partial charge in [0.05, 0.1) is 11.4 Å². The average Bonchev–Trinajstić information content (AvgIpc) is 2.80. The summed E-state index contributed by atoms with van der Waals surface area (Å²) >= 11 is 3.56. The van der Waals surface area contributed by atoms with Crippen molar-refractivity contribution in [2.24, 2.45) is 5.41 Å². The lowest BCUT2D eigenvalue weighted by molar-refractivity contribution is -0.138. The van der Waals surface area contributed by atoms with Crippen LogP contribution in [0.15, 0.2) is 6.20 Å². The van der Waals surface area contributed by atoms with E-state index < -0.39 is 5.97 Å². The van der Waals surface area contributed by atoms with E-state index >= 15 is 0 Å². The maximum absolute atomic E-state index is 10.7. The topological polar surface area (TPSA) is 50.2 Å². The van der Waals surface area contributed by atoms with E-state index in [1.165, 1.54) is 4.88 Å². The molecule has 0 amide bonds. The van der Waals surface area contributed by atoms with E-state index in [9.17, 15) is 4.79 Å². The summed E-state index contributed by atoms with van der Waals surface area (Å²) in [6.07, 6.45) is 4.41. The van der Waals surface area contributed by atoms with Gasteiger partial charge in [-0.25, -0.2) is 4.98 Å². The molecule has 16 heavy (non-hydrogen) atoms. The highest BCUT2D eigenvalue weighted by Gasteiger charge is 2.43. The zero-order valence-electron chi connectivity index (χ0n) is 9.23. The van der Waals surface area contributed by atoms with E-state index in [2.05, 4.69) is 4.98 Å². The Morgan fingerprint density at radius 3 is 2.94 bits per heavy atom. The molecular formula is C11H15NO2S2. The van der Waals surface area contributed by atoms with Gasteiger partial charge in [-0.1, -0.05) is 0 Å². The monoisotopic (exact) mass is 257 g/mol. The summed E-state index contributed by atoms with van der Waals surface area (Å²) in [6, 6.07) is 0. The predicted octanol–water partition coefficient (Wildman–Crippen LogP) is 2.94. The van der Waals surface area contributed by atoms with Crippen molar-refractivity contribution in [3.8, 4) is 0 Å². The number of carboxylic acids is 1. The number of aromatic nitrogens is 1. The summed E-state index contributed by atoms with van der Waals surface area (Å²) in [7, 11) is 0. The first-order chi connectivity index (χ1) is 7.60. The number of rotatable bonds is 6. The zero-order valence-corrected chi connectivity index (χ0v) is 10.9. The first-order valence-electron chi connectivity index (χ1n) is 5.31. The molecule has 0 spiro atoms. The van der Waals surface area contributed by atoms with Crippen molar-refractivity contribution >= 4 is 29.1 Å². The Bertz CT molecular complexity index is 385. The van der Waals surface area contributed by atoms with Crippen molar-refractivity contribution in [1.29, 1.82) is 0 Å². The van der Waals surface area contributed by atoms with Gasteiger partial charge in [0, 0.05) is 16.8 Å². The summed E-state index contributed by atoms with van der Waals surface area (Å²) in [4.78, 5) is 16.2. The van der Waals surface area contributed by atoms with Gasteiger partial charge in [-0.05, 0) is 30.9 Å². The number of hydrogen-bond acceptors (Lipinski definition) is 4. The third kappa shape index (κ3) is 3.22. The Balaban J connectivity index is 1.74. The molecule has 0 aromatic carbocycles. The second-order valence-corrected chi connectivity index (χ2v) is 6.71. The second kappa shape index (κ2) is 4.75. The number of thioether (sulfide) groups is 1. The van der Waals surface area contributed by atoms with Crippen LogP contribution in [0.1, 0.15) is 29.1 Å². The van der Waals surface area contributed by atoms with Crippen LogP contribution in [-0.4, -0.2) is 21.8 Å². The molecule has 1 aromatic rings. The van der Waals surface area contributed by atoms with Crippen LogP contribution in [0.2, 0.25) is 0 Å². The van der Waals surface area contributed by atoms with Gasteiger partial charge in [0.25, 0.3) is 0 Å². The second-order valence-electron chi connectivity index (χ2n) is 4.41. The molecule has 5 heteroatoms. The highest BCUT2D eigenvalue weighted by atomic mass is 32.2. The Hall–Kier alpha value is -0.550. The maximum atomic E-state index is 10.7. The van der Waals surface area contributed by atoms with Gasteiger partial charge < -0.3 is 5.11 Å². The maximum Gasteiger partial charge on any atom is 0.303 e. The molecule has 1 N–H and O–H groups in total. The molecule has 0 unspecified atom stereocenters. The van der Waals surface area contributed by atoms with Crippen LogP contribution < -0.4 is 0 Å². The molecule has 0 atom stereocenters. The fraction of sp³-hybridized carbons (Fsp3) is 0.636. The van der Waals surface area contributed by atoms with Crippen LogP contribution >= 0.6 is 23.1 Å². The first kappa shape index (κ1) is 11.9. The fourth-order valence-electron chi connectivity index (χ4n) is 1.71. The number of aryl methyl sites for hydroxylation is 1. The molecule has 1 aliphatic rings. The van der Waals surface area contributed by atoms with Gasteiger partial charge in [0.1, 0.15) is 0 Å².